The molecule has 1 heterocycles. The van der Waals surface area contributed by atoms with E-state index < -0.39 is 5.60 Å². The molecule has 0 fully saturated rings. The van der Waals surface area contributed by atoms with Gasteiger partial charge >= 0.3 is 0 Å². The van der Waals surface area contributed by atoms with E-state index in [0.717, 1.165) is 18.0 Å². The van der Waals surface area contributed by atoms with Crippen LogP contribution in [0, 0.1) is 0 Å². The average molecular weight is 201 g/mol. The first-order valence-electron chi connectivity index (χ1n) is 4.40. The molecule has 4 nitrogen and oxygen atoms in total. The maximum Gasteiger partial charge on any atom is 0.183 e. The van der Waals surface area contributed by atoms with Gasteiger partial charge in [0.15, 0.2) is 5.16 Å². The van der Waals surface area contributed by atoms with Gasteiger partial charge in [0.25, 0.3) is 0 Å². The van der Waals surface area contributed by atoms with Crippen molar-refractivity contribution < 1.29 is 5.11 Å². The third kappa shape index (κ3) is 3.00. The van der Waals surface area contributed by atoms with Gasteiger partial charge < -0.3 is 5.11 Å². The number of hydrogen-bond acceptors (Lipinski definition) is 4. The van der Waals surface area contributed by atoms with Crippen molar-refractivity contribution in [3.8, 4) is 0 Å². The predicted molar refractivity (Wildman–Crippen MR) is 52.6 cm³/mol. The summed E-state index contributed by atoms with van der Waals surface area (Å²) in [5.74, 6) is 0.662. The van der Waals surface area contributed by atoms with E-state index in [9.17, 15) is 5.11 Å². The van der Waals surface area contributed by atoms with Crippen LogP contribution in [0.3, 0.4) is 0 Å². The largest absolute Gasteiger partial charge is 0.389 e. The highest BCUT2D eigenvalue weighted by Crippen LogP contribution is 2.23. The standard InChI is InChI=1S/C8H15N3OS/c1-3-8(12,4-2)5-13-7-9-6-10-11-7/h6,12H,3-5H2,1-2H3,(H,9,10,11). The molecule has 0 spiro atoms. The Labute approximate surface area is 82.2 Å². The lowest BCUT2D eigenvalue weighted by Gasteiger charge is -2.23. The lowest BCUT2D eigenvalue weighted by Crippen LogP contribution is -2.29. The normalized spacial score (nSPS) is 11.9. The van der Waals surface area contributed by atoms with E-state index in [1.54, 1.807) is 0 Å². The Morgan fingerprint density at radius 2 is 2.23 bits per heavy atom. The number of rotatable bonds is 5. The van der Waals surface area contributed by atoms with Crippen LogP contribution in [0.1, 0.15) is 26.7 Å². The second-order valence-electron chi connectivity index (χ2n) is 3.01. The lowest BCUT2D eigenvalue weighted by atomic mass is 10.0. The van der Waals surface area contributed by atoms with Gasteiger partial charge in [0, 0.05) is 5.75 Å². The van der Waals surface area contributed by atoms with Crippen LogP contribution in [0.25, 0.3) is 0 Å². The fourth-order valence-electron chi connectivity index (χ4n) is 0.921. The molecule has 13 heavy (non-hydrogen) atoms. The minimum Gasteiger partial charge on any atom is -0.389 e. The molecule has 0 aromatic carbocycles. The Bertz CT molecular complexity index is 234. The number of hydrogen-bond donors (Lipinski definition) is 2. The second-order valence-corrected chi connectivity index (χ2v) is 3.97. The topological polar surface area (TPSA) is 61.8 Å². The molecule has 0 aliphatic rings. The maximum absolute atomic E-state index is 9.94. The third-order valence-electron chi connectivity index (χ3n) is 2.19. The SMILES string of the molecule is CCC(O)(CC)CSc1ncn[nH]1. The van der Waals surface area contributed by atoms with Gasteiger partial charge in [-0.25, -0.2) is 4.98 Å². The Balaban J connectivity index is 2.41. The minimum absolute atomic E-state index is 0.572. The summed E-state index contributed by atoms with van der Waals surface area (Å²) in [4.78, 5) is 3.97. The number of nitrogens with one attached hydrogen (secondary N) is 1. The molecule has 0 saturated heterocycles. The molecule has 0 saturated carbocycles. The summed E-state index contributed by atoms with van der Waals surface area (Å²) in [6, 6.07) is 0. The van der Waals surface area contributed by atoms with Crippen LogP contribution in [-0.4, -0.2) is 31.6 Å². The number of thioether (sulfide) groups is 1. The van der Waals surface area contributed by atoms with Crippen molar-refractivity contribution >= 4 is 11.8 Å². The van der Waals surface area contributed by atoms with Crippen molar-refractivity contribution in [2.45, 2.75) is 37.4 Å². The molecular formula is C8H15N3OS. The van der Waals surface area contributed by atoms with Gasteiger partial charge in [-0.1, -0.05) is 25.6 Å². The van der Waals surface area contributed by atoms with Crippen LogP contribution in [0.5, 0.6) is 0 Å². The zero-order valence-electron chi connectivity index (χ0n) is 7.95. The molecule has 1 aromatic rings. The van der Waals surface area contributed by atoms with E-state index in [1.807, 2.05) is 13.8 Å². The molecule has 0 unspecified atom stereocenters. The average Bonchev–Trinajstić information content (AvgIpc) is 2.67. The highest BCUT2D eigenvalue weighted by atomic mass is 32.2. The van der Waals surface area contributed by atoms with Crippen molar-refractivity contribution in [1.82, 2.24) is 15.2 Å². The summed E-state index contributed by atoms with van der Waals surface area (Å²) in [7, 11) is 0. The first-order valence-corrected chi connectivity index (χ1v) is 5.39. The van der Waals surface area contributed by atoms with Gasteiger partial charge in [0.1, 0.15) is 6.33 Å². The fraction of sp³-hybridized carbons (Fsp3) is 0.750. The van der Waals surface area contributed by atoms with E-state index in [2.05, 4.69) is 15.2 Å². The number of aliphatic hydroxyl groups is 1. The zero-order valence-corrected chi connectivity index (χ0v) is 8.77. The Morgan fingerprint density at radius 3 is 2.69 bits per heavy atom. The molecule has 74 valence electrons. The van der Waals surface area contributed by atoms with Crippen LogP contribution in [0.4, 0.5) is 0 Å². The molecule has 1 aromatic heterocycles. The fourth-order valence-corrected chi connectivity index (χ4v) is 1.97. The van der Waals surface area contributed by atoms with Gasteiger partial charge in [-0.3, -0.25) is 5.10 Å². The van der Waals surface area contributed by atoms with Crippen LogP contribution >= 0.6 is 11.8 Å². The van der Waals surface area contributed by atoms with Crippen molar-refractivity contribution in [2.75, 3.05) is 5.75 Å². The van der Waals surface area contributed by atoms with Crippen LogP contribution < -0.4 is 0 Å². The summed E-state index contributed by atoms with van der Waals surface area (Å²) in [5.41, 5.74) is -0.572. The summed E-state index contributed by atoms with van der Waals surface area (Å²) in [6.07, 6.45) is 3.01. The second kappa shape index (κ2) is 4.62. The van der Waals surface area contributed by atoms with Gasteiger partial charge in [0.05, 0.1) is 5.60 Å². The van der Waals surface area contributed by atoms with E-state index in [4.69, 9.17) is 0 Å². The van der Waals surface area contributed by atoms with Crippen LogP contribution in [-0.2, 0) is 0 Å². The molecule has 0 radical (unpaired) electrons. The van der Waals surface area contributed by atoms with Crippen molar-refractivity contribution in [1.29, 1.82) is 0 Å². The third-order valence-corrected chi connectivity index (χ3v) is 3.34. The Kier molecular flexibility index (Phi) is 3.74. The molecule has 0 atom stereocenters. The molecular weight excluding hydrogens is 186 g/mol. The van der Waals surface area contributed by atoms with E-state index in [0.29, 0.717) is 5.75 Å². The molecule has 0 bridgehead atoms. The van der Waals surface area contributed by atoms with Gasteiger partial charge in [-0.05, 0) is 12.8 Å². The first-order chi connectivity index (χ1) is 6.20. The number of nitrogens with zero attached hydrogens (tertiary/aromatic N) is 2. The molecule has 2 N–H and O–H groups in total. The van der Waals surface area contributed by atoms with E-state index in [-0.39, 0.29) is 0 Å². The monoisotopic (exact) mass is 201 g/mol. The van der Waals surface area contributed by atoms with Crippen molar-refractivity contribution in [3.63, 3.8) is 0 Å². The molecule has 0 aliphatic carbocycles. The molecule has 0 amide bonds. The Morgan fingerprint density at radius 1 is 1.54 bits per heavy atom. The zero-order chi connectivity index (χ0) is 9.73. The number of aromatic nitrogens is 3. The smallest absolute Gasteiger partial charge is 0.183 e. The highest BCUT2D eigenvalue weighted by Gasteiger charge is 2.22. The summed E-state index contributed by atoms with van der Waals surface area (Å²) in [6.45, 7) is 3.98. The Hall–Kier alpha value is -0.550. The van der Waals surface area contributed by atoms with Gasteiger partial charge in [-0.15, -0.1) is 0 Å². The molecule has 0 aliphatic heterocycles. The predicted octanol–water partition coefficient (Wildman–Crippen LogP) is 1.45. The first kappa shape index (κ1) is 10.5. The summed E-state index contributed by atoms with van der Waals surface area (Å²) in [5, 5.41) is 17.2. The van der Waals surface area contributed by atoms with Crippen LogP contribution in [0.2, 0.25) is 0 Å². The molecule has 5 heteroatoms. The van der Waals surface area contributed by atoms with Crippen LogP contribution in [0.15, 0.2) is 11.5 Å². The lowest BCUT2D eigenvalue weighted by molar-refractivity contribution is 0.0571. The van der Waals surface area contributed by atoms with E-state index in [1.165, 1.54) is 18.1 Å². The van der Waals surface area contributed by atoms with E-state index >= 15 is 0 Å². The summed E-state index contributed by atoms with van der Waals surface area (Å²) < 4.78 is 0. The molecule has 1 rings (SSSR count). The minimum atomic E-state index is -0.572. The van der Waals surface area contributed by atoms with Crippen molar-refractivity contribution in [2.24, 2.45) is 0 Å². The number of H-pyrrole nitrogens is 1. The van der Waals surface area contributed by atoms with Crippen molar-refractivity contribution in [3.05, 3.63) is 6.33 Å². The highest BCUT2D eigenvalue weighted by molar-refractivity contribution is 7.99. The summed E-state index contributed by atoms with van der Waals surface area (Å²) >= 11 is 1.50. The van der Waals surface area contributed by atoms with Gasteiger partial charge in [-0.2, -0.15) is 5.10 Å². The maximum atomic E-state index is 9.94. The number of aromatic amines is 1. The van der Waals surface area contributed by atoms with Gasteiger partial charge in [0.2, 0.25) is 0 Å². The quantitative estimate of drug-likeness (QED) is 0.708.